The fourth-order valence-electron chi connectivity index (χ4n) is 8.33. The van der Waals surface area contributed by atoms with Crippen molar-refractivity contribution in [2.75, 3.05) is 0 Å². The average molecular weight is 654 g/mol. The van der Waals surface area contributed by atoms with Crippen LogP contribution < -0.4 is 4.74 Å². The third kappa shape index (κ3) is 3.88. The Morgan fingerprint density at radius 2 is 1.02 bits per heavy atom. The van der Waals surface area contributed by atoms with E-state index in [9.17, 15) is 0 Å². The van der Waals surface area contributed by atoms with E-state index in [4.69, 9.17) is 24.1 Å². The van der Waals surface area contributed by atoms with Gasteiger partial charge in [0.15, 0.2) is 17.5 Å². The maximum atomic E-state index is 6.99. The number of hydrogen-bond acceptors (Lipinski definition) is 5. The molecule has 1 unspecified atom stereocenters. The number of aromatic nitrogens is 3. The zero-order valence-electron chi connectivity index (χ0n) is 27.2. The van der Waals surface area contributed by atoms with Crippen molar-refractivity contribution in [3.05, 3.63) is 186 Å². The van der Waals surface area contributed by atoms with Crippen LogP contribution in [0.4, 0.5) is 0 Å². The van der Waals surface area contributed by atoms with Crippen LogP contribution in [0.2, 0.25) is 0 Å². The Morgan fingerprint density at radius 1 is 0.412 bits per heavy atom. The molecule has 2 aliphatic rings. The van der Waals surface area contributed by atoms with Crippen LogP contribution in [0, 0.1) is 0 Å². The van der Waals surface area contributed by atoms with Gasteiger partial charge >= 0.3 is 0 Å². The number of nitrogens with zero attached hydrogens (tertiary/aromatic N) is 3. The van der Waals surface area contributed by atoms with Gasteiger partial charge in [-0.25, -0.2) is 15.0 Å². The molecule has 2 aromatic heterocycles. The summed E-state index contributed by atoms with van der Waals surface area (Å²) in [6.45, 7) is 0. The molecule has 238 valence electrons. The molecule has 11 rings (SSSR count). The Hall–Kier alpha value is -6.85. The monoisotopic (exact) mass is 653 g/mol. The van der Waals surface area contributed by atoms with Gasteiger partial charge in [0, 0.05) is 33.0 Å². The summed E-state index contributed by atoms with van der Waals surface area (Å²) in [5.41, 5.74) is 10.7. The first-order chi connectivity index (χ1) is 25.3. The first-order valence-corrected chi connectivity index (χ1v) is 17.1. The molecule has 1 aliphatic heterocycles. The number of ether oxygens (including phenoxy) is 1. The van der Waals surface area contributed by atoms with Gasteiger partial charge in [-0.15, -0.1) is 0 Å². The summed E-state index contributed by atoms with van der Waals surface area (Å²) < 4.78 is 13.4. The van der Waals surface area contributed by atoms with Crippen LogP contribution in [0.25, 0.3) is 67.2 Å². The van der Waals surface area contributed by atoms with Crippen LogP contribution in [-0.2, 0) is 5.41 Å². The second-order valence-electron chi connectivity index (χ2n) is 13.1. The number of benzene rings is 7. The Morgan fingerprint density at radius 3 is 1.80 bits per heavy atom. The van der Waals surface area contributed by atoms with Crippen LogP contribution in [0.15, 0.2) is 168 Å². The topological polar surface area (TPSA) is 61.0 Å². The van der Waals surface area contributed by atoms with E-state index in [-0.39, 0.29) is 0 Å². The van der Waals surface area contributed by atoms with E-state index >= 15 is 0 Å². The summed E-state index contributed by atoms with van der Waals surface area (Å²) in [4.78, 5) is 15.2. The van der Waals surface area contributed by atoms with E-state index in [1.807, 2.05) is 78.9 Å². The van der Waals surface area contributed by atoms with Gasteiger partial charge in [-0.2, -0.15) is 0 Å². The summed E-state index contributed by atoms with van der Waals surface area (Å²) in [5.74, 6) is 3.30. The molecule has 0 fully saturated rings. The molecule has 7 aromatic carbocycles. The summed E-state index contributed by atoms with van der Waals surface area (Å²) in [6.07, 6.45) is 0. The predicted octanol–water partition coefficient (Wildman–Crippen LogP) is 11.2. The maximum Gasteiger partial charge on any atom is 0.167 e. The zero-order valence-corrected chi connectivity index (χ0v) is 27.2. The number of fused-ring (bicyclic) bond motifs is 13. The second kappa shape index (κ2) is 10.6. The van der Waals surface area contributed by atoms with E-state index in [1.54, 1.807) is 0 Å². The molecule has 1 aliphatic carbocycles. The predicted molar refractivity (Wildman–Crippen MR) is 201 cm³/mol. The second-order valence-corrected chi connectivity index (χ2v) is 13.1. The van der Waals surface area contributed by atoms with Crippen LogP contribution in [0.5, 0.6) is 11.5 Å². The third-order valence-corrected chi connectivity index (χ3v) is 10.4. The highest BCUT2D eigenvalue weighted by Crippen LogP contribution is 2.64. The average Bonchev–Trinajstić information content (AvgIpc) is 3.72. The van der Waals surface area contributed by atoms with Crippen molar-refractivity contribution < 1.29 is 9.15 Å². The Labute approximate surface area is 293 Å². The fourth-order valence-corrected chi connectivity index (χ4v) is 8.33. The summed E-state index contributed by atoms with van der Waals surface area (Å²) >= 11 is 0. The lowest BCUT2D eigenvalue weighted by Gasteiger charge is -2.39. The minimum absolute atomic E-state index is 0.553. The van der Waals surface area contributed by atoms with Crippen molar-refractivity contribution in [1.29, 1.82) is 0 Å². The van der Waals surface area contributed by atoms with Crippen LogP contribution in [-0.4, -0.2) is 15.0 Å². The van der Waals surface area contributed by atoms with Crippen molar-refractivity contribution in [3.8, 4) is 56.8 Å². The van der Waals surface area contributed by atoms with Crippen LogP contribution in [0.1, 0.15) is 22.3 Å². The van der Waals surface area contributed by atoms with Crippen molar-refractivity contribution in [1.82, 2.24) is 15.0 Å². The van der Waals surface area contributed by atoms with Crippen LogP contribution >= 0.6 is 0 Å². The molecule has 1 atom stereocenters. The maximum absolute atomic E-state index is 6.99. The fraction of sp³-hybridized carbons (Fsp3) is 0.0217. The van der Waals surface area contributed by atoms with Crippen molar-refractivity contribution in [2.45, 2.75) is 5.41 Å². The molecular formula is C46H27N3O2. The van der Waals surface area contributed by atoms with Crippen molar-refractivity contribution in [3.63, 3.8) is 0 Å². The largest absolute Gasteiger partial charge is 0.456 e. The third-order valence-electron chi connectivity index (χ3n) is 10.4. The lowest BCUT2D eigenvalue weighted by Crippen LogP contribution is -2.32. The number of rotatable bonds is 3. The highest BCUT2D eigenvalue weighted by Gasteiger charge is 2.52. The standard InChI is InChI=1S/C46H27N3O2/c1-3-14-28(15-4-1)43-47-44(29-16-5-2-6-17-29)49-45(48-43)32-20-13-23-36-42(32)51-38-25-12-10-22-34(38)46(36)33-21-9-7-18-30(33)40-35(46)26-27-39-41(40)31-19-8-11-24-37(31)50-39/h1-27H. The number of para-hydroxylation sites is 3. The molecule has 0 bridgehead atoms. The number of furan rings is 1. The zero-order chi connectivity index (χ0) is 33.5. The van der Waals surface area contributed by atoms with E-state index in [0.717, 1.165) is 61.3 Å². The van der Waals surface area contributed by atoms with Crippen molar-refractivity contribution >= 4 is 21.9 Å². The van der Waals surface area contributed by atoms with Gasteiger partial charge < -0.3 is 9.15 Å². The lowest BCUT2D eigenvalue weighted by atomic mass is 9.65. The minimum Gasteiger partial charge on any atom is -0.456 e. The summed E-state index contributed by atoms with van der Waals surface area (Å²) in [6, 6.07) is 56.4. The molecular weight excluding hydrogens is 627 g/mol. The normalized spacial score (nSPS) is 15.3. The molecule has 0 amide bonds. The number of hydrogen-bond donors (Lipinski definition) is 0. The SMILES string of the molecule is c1ccc(-c2nc(-c3ccccc3)nc(-c3cccc4c3Oc3ccccc3C43c4ccccc4-c4c3ccc3oc5ccccc5c43)n2)cc1. The van der Waals surface area contributed by atoms with E-state index in [2.05, 4.69) is 84.9 Å². The smallest absolute Gasteiger partial charge is 0.167 e. The Kier molecular flexibility index (Phi) is 5.81. The molecule has 0 radical (unpaired) electrons. The first-order valence-electron chi connectivity index (χ1n) is 17.1. The molecule has 5 nitrogen and oxygen atoms in total. The molecule has 51 heavy (non-hydrogen) atoms. The van der Waals surface area contributed by atoms with Crippen molar-refractivity contribution in [2.24, 2.45) is 0 Å². The van der Waals surface area contributed by atoms with E-state index in [1.165, 1.54) is 22.3 Å². The molecule has 9 aromatic rings. The molecule has 0 saturated heterocycles. The Bertz CT molecular complexity index is 2790. The molecule has 3 heterocycles. The van der Waals surface area contributed by atoms with Gasteiger partial charge in [-0.3, -0.25) is 0 Å². The molecule has 1 spiro atoms. The lowest BCUT2D eigenvalue weighted by molar-refractivity contribution is 0.437. The minimum atomic E-state index is -0.670. The van der Waals surface area contributed by atoms with Gasteiger partial charge in [-0.05, 0) is 46.5 Å². The highest BCUT2D eigenvalue weighted by molar-refractivity contribution is 6.15. The van der Waals surface area contributed by atoms with Gasteiger partial charge in [0.05, 0.1) is 11.0 Å². The van der Waals surface area contributed by atoms with Gasteiger partial charge in [-0.1, -0.05) is 140 Å². The molecule has 0 saturated carbocycles. The highest BCUT2D eigenvalue weighted by atomic mass is 16.5. The first kappa shape index (κ1) is 28.0. The van der Waals surface area contributed by atoms with Crippen LogP contribution in [0.3, 0.4) is 0 Å². The van der Waals surface area contributed by atoms with E-state index < -0.39 is 5.41 Å². The summed E-state index contributed by atoms with van der Waals surface area (Å²) in [7, 11) is 0. The molecule has 5 heteroatoms. The Balaban J connectivity index is 1.24. The molecule has 0 N–H and O–H groups in total. The summed E-state index contributed by atoms with van der Waals surface area (Å²) in [5, 5.41) is 2.24. The van der Waals surface area contributed by atoms with E-state index in [0.29, 0.717) is 17.5 Å². The van der Waals surface area contributed by atoms with Gasteiger partial charge in [0.2, 0.25) is 0 Å². The quantitative estimate of drug-likeness (QED) is 0.190. The van der Waals surface area contributed by atoms with Gasteiger partial charge in [0.1, 0.15) is 22.7 Å². The van der Waals surface area contributed by atoms with Gasteiger partial charge in [0.25, 0.3) is 0 Å².